The second-order valence-electron chi connectivity index (χ2n) is 7.13. The molecule has 0 aromatic heterocycles. The number of nitrogens with zero attached hydrogens (tertiary/aromatic N) is 1. The summed E-state index contributed by atoms with van der Waals surface area (Å²) in [4.78, 5) is 14.5. The highest BCUT2D eigenvalue weighted by Crippen LogP contribution is 2.39. The smallest absolute Gasteiger partial charge is 0.317 e. The van der Waals surface area contributed by atoms with Crippen LogP contribution in [0, 0.1) is 5.92 Å². The molecule has 1 aromatic carbocycles. The fourth-order valence-corrected chi connectivity index (χ4v) is 4.70. The average Bonchev–Trinajstić information content (AvgIpc) is 3.22. The number of likely N-dealkylation sites (tertiary alicyclic amines) is 1. The fourth-order valence-electron chi connectivity index (χ4n) is 4.70. The molecule has 4 heteroatoms. The molecule has 1 aliphatic heterocycles. The van der Waals surface area contributed by atoms with Gasteiger partial charge in [-0.1, -0.05) is 36.8 Å². The zero-order valence-corrected chi connectivity index (χ0v) is 12.8. The van der Waals surface area contributed by atoms with Crippen molar-refractivity contribution in [3.8, 4) is 0 Å². The lowest BCUT2D eigenvalue weighted by atomic mass is 9.94. The van der Waals surface area contributed by atoms with E-state index in [-0.39, 0.29) is 24.2 Å². The Morgan fingerprint density at radius 2 is 2.00 bits per heavy atom. The number of nitrogens with one attached hydrogen (secondary N) is 1. The third-order valence-electron chi connectivity index (χ3n) is 5.76. The third-order valence-corrected chi connectivity index (χ3v) is 5.76. The molecule has 1 aromatic rings. The molecule has 2 N–H and O–H groups in total. The van der Waals surface area contributed by atoms with Crippen molar-refractivity contribution in [1.29, 1.82) is 0 Å². The highest BCUT2D eigenvalue weighted by atomic mass is 16.3. The van der Waals surface area contributed by atoms with Crippen LogP contribution in [0.1, 0.15) is 43.6 Å². The lowest BCUT2D eigenvalue weighted by molar-refractivity contribution is 0.0715. The molecule has 2 bridgehead atoms. The minimum Gasteiger partial charge on any atom is -0.391 e. The molecule has 2 saturated carbocycles. The van der Waals surface area contributed by atoms with Gasteiger partial charge in [0.1, 0.15) is 0 Å². The van der Waals surface area contributed by atoms with Crippen LogP contribution in [0.25, 0.3) is 0 Å². The maximum atomic E-state index is 12.6. The van der Waals surface area contributed by atoms with Crippen LogP contribution in [0.5, 0.6) is 0 Å². The predicted octanol–water partition coefficient (Wildman–Crippen LogP) is 2.49. The van der Waals surface area contributed by atoms with Crippen molar-refractivity contribution in [2.75, 3.05) is 6.54 Å². The molecule has 0 spiro atoms. The number of hydrogen-bond acceptors (Lipinski definition) is 2. The summed E-state index contributed by atoms with van der Waals surface area (Å²) in [5.74, 6) is 0.925. The molecule has 118 valence electrons. The van der Waals surface area contributed by atoms with Crippen LogP contribution in [0.3, 0.4) is 0 Å². The number of benzene rings is 1. The molecule has 2 aliphatic carbocycles. The van der Waals surface area contributed by atoms with Gasteiger partial charge in [-0.3, -0.25) is 0 Å². The summed E-state index contributed by atoms with van der Waals surface area (Å²) >= 11 is 0. The summed E-state index contributed by atoms with van der Waals surface area (Å²) in [5.41, 5.74) is 1.33. The van der Waals surface area contributed by atoms with Gasteiger partial charge in [0.15, 0.2) is 0 Å². The van der Waals surface area contributed by atoms with E-state index in [0.29, 0.717) is 11.8 Å². The maximum absolute atomic E-state index is 12.6. The molecule has 0 radical (unpaired) electrons. The van der Waals surface area contributed by atoms with E-state index < -0.39 is 0 Å². The number of aliphatic hydroxyl groups excluding tert-OH is 1. The highest BCUT2D eigenvalue weighted by Gasteiger charge is 2.46. The zero-order valence-electron chi connectivity index (χ0n) is 12.8. The van der Waals surface area contributed by atoms with Crippen LogP contribution < -0.4 is 5.32 Å². The molecule has 0 unspecified atom stereocenters. The second kappa shape index (κ2) is 5.58. The summed E-state index contributed by atoms with van der Waals surface area (Å²) in [6.07, 6.45) is 4.88. The largest absolute Gasteiger partial charge is 0.391 e. The van der Waals surface area contributed by atoms with Crippen LogP contribution in [-0.4, -0.2) is 40.8 Å². The van der Waals surface area contributed by atoms with Gasteiger partial charge in [0.25, 0.3) is 0 Å². The van der Waals surface area contributed by atoms with Crippen molar-refractivity contribution >= 4 is 6.03 Å². The first-order chi connectivity index (χ1) is 10.7. The van der Waals surface area contributed by atoms with E-state index in [0.717, 1.165) is 32.2 Å². The van der Waals surface area contributed by atoms with Crippen molar-refractivity contribution < 1.29 is 9.90 Å². The molecule has 4 nitrogen and oxygen atoms in total. The van der Waals surface area contributed by atoms with Gasteiger partial charge in [-0.05, 0) is 37.2 Å². The number of aliphatic hydroxyl groups is 1. The molecular formula is C18H24N2O2. The number of carbonyl (C=O) groups excluding carboxylic acids is 1. The van der Waals surface area contributed by atoms with Crippen LogP contribution in [0.15, 0.2) is 30.3 Å². The summed E-state index contributed by atoms with van der Waals surface area (Å²) in [5, 5.41) is 13.3. The quantitative estimate of drug-likeness (QED) is 0.881. The van der Waals surface area contributed by atoms with Gasteiger partial charge in [0, 0.05) is 18.5 Å². The van der Waals surface area contributed by atoms with Crippen molar-refractivity contribution in [3.63, 3.8) is 0 Å². The SMILES string of the molecule is O=C(N[C@H]1CCC[C@H]1c1ccccc1)N1C[C@@H]2C[C@@H](O)[C@H]1C2. The monoisotopic (exact) mass is 300 g/mol. The Labute approximate surface area is 131 Å². The molecule has 2 amide bonds. The van der Waals surface area contributed by atoms with Gasteiger partial charge in [0.05, 0.1) is 12.1 Å². The number of rotatable bonds is 2. The Balaban J connectivity index is 1.43. The van der Waals surface area contributed by atoms with E-state index in [4.69, 9.17) is 0 Å². The molecule has 3 aliphatic rings. The lowest BCUT2D eigenvalue weighted by Crippen LogP contribution is -2.51. The van der Waals surface area contributed by atoms with Gasteiger partial charge >= 0.3 is 6.03 Å². The Kier molecular flexibility index (Phi) is 3.57. The first kappa shape index (κ1) is 14.1. The van der Waals surface area contributed by atoms with E-state index in [1.807, 2.05) is 11.0 Å². The number of carbonyl (C=O) groups is 1. The summed E-state index contributed by atoms with van der Waals surface area (Å²) in [7, 11) is 0. The number of piperidine rings is 1. The first-order valence-electron chi connectivity index (χ1n) is 8.52. The summed E-state index contributed by atoms with van der Waals surface area (Å²) < 4.78 is 0. The number of urea groups is 1. The molecule has 1 heterocycles. The molecule has 22 heavy (non-hydrogen) atoms. The van der Waals surface area contributed by atoms with Crippen LogP contribution in [-0.2, 0) is 0 Å². The number of hydrogen-bond donors (Lipinski definition) is 2. The van der Waals surface area contributed by atoms with Crippen molar-refractivity contribution in [2.24, 2.45) is 5.92 Å². The van der Waals surface area contributed by atoms with Crippen LogP contribution in [0.4, 0.5) is 4.79 Å². The minimum absolute atomic E-state index is 0.0269. The van der Waals surface area contributed by atoms with E-state index in [2.05, 4.69) is 29.6 Å². The average molecular weight is 300 g/mol. The van der Waals surface area contributed by atoms with Gasteiger partial charge in [-0.15, -0.1) is 0 Å². The van der Waals surface area contributed by atoms with E-state index in [1.54, 1.807) is 0 Å². The number of amides is 2. The van der Waals surface area contributed by atoms with Crippen molar-refractivity contribution in [1.82, 2.24) is 10.2 Å². The number of fused-ring (bicyclic) bond motifs is 2. The zero-order chi connectivity index (χ0) is 15.1. The molecule has 4 rings (SSSR count). The predicted molar refractivity (Wildman–Crippen MR) is 84.6 cm³/mol. The Morgan fingerprint density at radius 3 is 2.73 bits per heavy atom. The van der Waals surface area contributed by atoms with Gasteiger partial charge < -0.3 is 15.3 Å². The van der Waals surface area contributed by atoms with Crippen LogP contribution >= 0.6 is 0 Å². The van der Waals surface area contributed by atoms with Crippen LogP contribution in [0.2, 0.25) is 0 Å². The minimum atomic E-state index is -0.321. The molecule has 1 saturated heterocycles. The van der Waals surface area contributed by atoms with E-state index in [1.165, 1.54) is 12.0 Å². The van der Waals surface area contributed by atoms with Crippen molar-refractivity contribution in [2.45, 2.75) is 56.2 Å². The maximum Gasteiger partial charge on any atom is 0.317 e. The summed E-state index contributed by atoms with van der Waals surface area (Å²) in [6, 6.07) is 10.8. The summed E-state index contributed by atoms with van der Waals surface area (Å²) in [6.45, 7) is 0.816. The molecule has 3 fully saturated rings. The normalized spacial score (nSPS) is 36.8. The molecular weight excluding hydrogens is 276 g/mol. The molecule has 5 atom stereocenters. The highest BCUT2D eigenvalue weighted by molar-refractivity contribution is 5.75. The van der Waals surface area contributed by atoms with E-state index in [9.17, 15) is 9.90 Å². The second-order valence-corrected chi connectivity index (χ2v) is 7.13. The van der Waals surface area contributed by atoms with Crippen molar-refractivity contribution in [3.05, 3.63) is 35.9 Å². The Hall–Kier alpha value is -1.55. The first-order valence-corrected chi connectivity index (χ1v) is 8.52. The topological polar surface area (TPSA) is 52.6 Å². The Bertz CT molecular complexity index is 547. The van der Waals surface area contributed by atoms with Gasteiger partial charge in [-0.2, -0.15) is 0 Å². The fraction of sp³-hybridized carbons (Fsp3) is 0.611. The van der Waals surface area contributed by atoms with E-state index >= 15 is 0 Å². The van der Waals surface area contributed by atoms with Gasteiger partial charge in [-0.25, -0.2) is 4.79 Å². The third kappa shape index (κ3) is 2.39. The standard InChI is InChI=1S/C18H24N2O2/c21-17-10-12-9-16(17)20(11-12)18(22)19-15-8-4-7-14(15)13-5-2-1-3-6-13/h1-3,5-6,12,14-17,21H,4,7-11H2,(H,19,22)/t12-,14-,15-,16+,17+/m0/s1. The van der Waals surface area contributed by atoms with Gasteiger partial charge in [0.2, 0.25) is 0 Å². The lowest BCUT2D eigenvalue weighted by Gasteiger charge is -2.32. The Morgan fingerprint density at radius 1 is 1.18 bits per heavy atom.